The molecule has 0 aliphatic carbocycles. The average molecular weight is 516 g/mol. The summed E-state index contributed by atoms with van der Waals surface area (Å²) in [7, 11) is 0. The second kappa shape index (κ2) is 9.58. The second-order valence-corrected chi connectivity index (χ2v) is 10.4. The van der Waals surface area contributed by atoms with Crippen molar-refractivity contribution in [2.24, 2.45) is 0 Å². The molecule has 2 aromatic rings. The van der Waals surface area contributed by atoms with Gasteiger partial charge in [0.05, 0.1) is 6.61 Å². The van der Waals surface area contributed by atoms with E-state index < -0.39 is 0 Å². The molecule has 5 rings (SSSR count). The van der Waals surface area contributed by atoms with Crippen LogP contribution in [-0.4, -0.2) is 49.1 Å². The summed E-state index contributed by atoms with van der Waals surface area (Å²) < 4.78 is 7.55. The van der Waals surface area contributed by atoms with Crippen molar-refractivity contribution in [3.63, 3.8) is 0 Å². The maximum atomic E-state index is 6.23. The first-order valence-electron chi connectivity index (χ1n) is 11.8. The van der Waals surface area contributed by atoms with E-state index in [9.17, 15) is 0 Å². The molecule has 0 bridgehead atoms. The molecule has 3 aliphatic heterocycles. The molecule has 3 aliphatic rings. The van der Waals surface area contributed by atoms with E-state index >= 15 is 0 Å². The van der Waals surface area contributed by atoms with Crippen molar-refractivity contribution in [3.05, 3.63) is 62.7 Å². The molecule has 0 saturated carbocycles. The minimum atomic E-state index is 0.470. The summed E-state index contributed by atoms with van der Waals surface area (Å²) in [4.78, 5) is 5.30. The van der Waals surface area contributed by atoms with E-state index in [0.29, 0.717) is 12.0 Å². The fourth-order valence-corrected chi connectivity index (χ4v) is 6.21. The summed E-state index contributed by atoms with van der Waals surface area (Å²) in [5.41, 5.74) is 4.47. The second-order valence-electron chi connectivity index (χ2n) is 9.16. The molecule has 0 aromatic heterocycles. The maximum Gasteiger partial charge on any atom is 0.119 e. The molecule has 30 heavy (non-hydrogen) atoms. The number of rotatable bonds is 6. The molecule has 4 heteroatoms. The van der Waals surface area contributed by atoms with Crippen LogP contribution in [0.4, 0.5) is 0 Å². The van der Waals surface area contributed by atoms with Crippen LogP contribution in [0.3, 0.4) is 0 Å². The third-order valence-corrected chi connectivity index (χ3v) is 7.83. The van der Waals surface area contributed by atoms with Gasteiger partial charge in [-0.3, -0.25) is 4.90 Å². The normalized spacial score (nSPS) is 24.4. The van der Waals surface area contributed by atoms with Gasteiger partial charge in [-0.1, -0.05) is 24.6 Å². The zero-order valence-corrected chi connectivity index (χ0v) is 20.0. The average Bonchev–Trinajstić information content (AvgIpc) is 3.26. The molecule has 3 nitrogen and oxygen atoms in total. The van der Waals surface area contributed by atoms with Gasteiger partial charge in [0.25, 0.3) is 0 Å². The van der Waals surface area contributed by atoms with Crippen molar-refractivity contribution >= 4 is 22.6 Å². The van der Waals surface area contributed by atoms with Crippen LogP contribution in [0.5, 0.6) is 5.75 Å². The number of halogens is 1. The van der Waals surface area contributed by atoms with E-state index in [2.05, 4.69) is 74.9 Å². The smallest absolute Gasteiger partial charge is 0.119 e. The lowest BCUT2D eigenvalue weighted by atomic mass is 9.81. The molecule has 2 aromatic carbocycles. The number of hydrogen-bond acceptors (Lipinski definition) is 3. The minimum absolute atomic E-state index is 0.470. The number of benzene rings is 2. The summed E-state index contributed by atoms with van der Waals surface area (Å²) in [6, 6.07) is 16.6. The van der Waals surface area contributed by atoms with Gasteiger partial charge in [0.1, 0.15) is 5.75 Å². The molecule has 2 saturated heterocycles. The van der Waals surface area contributed by atoms with Gasteiger partial charge in [-0.05, 0) is 115 Å². The molecule has 3 heterocycles. The van der Waals surface area contributed by atoms with Gasteiger partial charge < -0.3 is 9.64 Å². The first-order chi connectivity index (χ1) is 14.8. The van der Waals surface area contributed by atoms with Crippen molar-refractivity contribution < 1.29 is 4.74 Å². The van der Waals surface area contributed by atoms with E-state index in [-0.39, 0.29) is 0 Å². The fraction of sp³-hybridized carbons (Fsp3) is 0.538. The molecular formula is C26H33IN2O. The molecule has 0 radical (unpaired) electrons. The van der Waals surface area contributed by atoms with Gasteiger partial charge in [0.2, 0.25) is 0 Å². The van der Waals surface area contributed by atoms with E-state index in [1.165, 1.54) is 78.5 Å². The molecule has 2 atom stereocenters. The molecule has 0 spiro atoms. The van der Waals surface area contributed by atoms with Crippen molar-refractivity contribution in [1.29, 1.82) is 0 Å². The van der Waals surface area contributed by atoms with Gasteiger partial charge in [-0.2, -0.15) is 0 Å². The van der Waals surface area contributed by atoms with Crippen LogP contribution in [0.1, 0.15) is 67.2 Å². The third kappa shape index (κ3) is 4.56. The summed E-state index contributed by atoms with van der Waals surface area (Å²) in [6.45, 7) is 6.92. The largest absolute Gasteiger partial charge is 0.494 e. The standard InChI is InChI=1S/C26H33IN2O/c27-21-8-4-7-20(17-21)25-19-29-15-5-9-26(29)24-18-22(10-11-23(24)25)30-16-6-14-28-12-2-1-3-13-28/h4,7-8,10-11,17-18,25-26H,1-3,5-6,9,12-16,19H2/t25-,26-/m0/s1. The lowest BCUT2D eigenvalue weighted by Gasteiger charge is -2.37. The highest BCUT2D eigenvalue weighted by Crippen LogP contribution is 2.45. The van der Waals surface area contributed by atoms with Crippen LogP contribution in [0, 0.1) is 3.57 Å². The van der Waals surface area contributed by atoms with Crippen molar-refractivity contribution in [2.45, 2.75) is 50.5 Å². The van der Waals surface area contributed by atoms with Crippen LogP contribution in [0.25, 0.3) is 0 Å². The molecule has 0 unspecified atom stereocenters. The van der Waals surface area contributed by atoms with E-state index in [4.69, 9.17) is 4.74 Å². The Morgan fingerprint density at radius 3 is 2.70 bits per heavy atom. The number of fused-ring (bicyclic) bond motifs is 3. The zero-order valence-electron chi connectivity index (χ0n) is 17.9. The predicted molar refractivity (Wildman–Crippen MR) is 131 cm³/mol. The SMILES string of the molecule is Ic1cccc([C@@H]2CN3CCC[C@H]3c3cc(OCCCN4CCCCC4)ccc32)c1. The lowest BCUT2D eigenvalue weighted by Crippen LogP contribution is -2.34. The Hall–Kier alpha value is -1.11. The number of ether oxygens (including phenoxy) is 1. The monoisotopic (exact) mass is 516 g/mol. The molecule has 160 valence electrons. The Kier molecular flexibility index (Phi) is 6.63. The van der Waals surface area contributed by atoms with Crippen molar-refractivity contribution in [2.75, 3.05) is 39.3 Å². The topological polar surface area (TPSA) is 15.7 Å². The highest BCUT2D eigenvalue weighted by Gasteiger charge is 2.36. The van der Waals surface area contributed by atoms with E-state index in [1.54, 1.807) is 0 Å². The van der Waals surface area contributed by atoms with Crippen molar-refractivity contribution in [3.8, 4) is 5.75 Å². The Morgan fingerprint density at radius 1 is 0.933 bits per heavy atom. The van der Waals surface area contributed by atoms with Gasteiger partial charge in [0, 0.05) is 28.6 Å². The van der Waals surface area contributed by atoms with Gasteiger partial charge >= 0.3 is 0 Å². The summed E-state index contributed by atoms with van der Waals surface area (Å²) in [5, 5.41) is 0. The molecule has 2 fully saturated rings. The highest BCUT2D eigenvalue weighted by molar-refractivity contribution is 14.1. The molecular weight excluding hydrogens is 483 g/mol. The van der Waals surface area contributed by atoms with E-state index in [0.717, 1.165) is 25.3 Å². The third-order valence-electron chi connectivity index (χ3n) is 7.16. The Labute approximate surface area is 194 Å². The maximum absolute atomic E-state index is 6.23. The zero-order chi connectivity index (χ0) is 20.3. The van der Waals surface area contributed by atoms with Crippen LogP contribution in [0.15, 0.2) is 42.5 Å². The Bertz CT molecular complexity index is 864. The van der Waals surface area contributed by atoms with Gasteiger partial charge in [0.15, 0.2) is 0 Å². The summed E-state index contributed by atoms with van der Waals surface area (Å²) in [6.07, 6.45) is 7.85. The highest BCUT2D eigenvalue weighted by atomic mass is 127. The molecule has 0 N–H and O–H groups in total. The van der Waals surface area contributed by atoms with Gasteiger partial charge in [-0.25, -0.2) is 0 Å². The quantitative estimate of drug-likeness (QED) is 0.355. The van der Waals surface area contributed by atoms with Gasteiger partial charge in [-0.15, -0.1) is 0 Å². The van der Waals surface area contributed by atoms with Crippen LogP contribution >= 0.6 is 22.6 Å². The lowest BCUT2D eigenvalue weighted by molar-refractivity contribution is 0.204. The van der Waals surface area contributed by atoms with Crippen molar-refractivity contribution in [1.82, 2.24) is 9.80 Å². The van der Waals surface area contributed by atoms with Crippen LogP contribution in [0.2, 0.25) is 0 Å². The fourth-order valence-electron chi connectivity index (χ4n) is 5.65. The minimum Gasteiger partial charge on any atom is -0.494 e. The predicted octanol–water partition coefficient (Wildman–Crippen LogP) is 5.83. The Morgan fingerprint density at radius 2 is 1.83 bits per heavy atom. The molecule has 0 amide bonds. The van der Waals surface area contributed by atoms with Crippen LogP contribution < -0.4 is 4.74 Å². The summed E-state index contributed by atoms with van der Waals surface area (Å²) in [5.74, 6) is 1.53. The number of hydrogen-bond donors (Lipinski definition) is 0. The Balaban J connectivity index is 1.30. The number of likely N-dealkylation sites (tertiary alicyclic amines) is 1. The van der Waals surface area contributed by atoms with E-state index in [1.807, 2.05) is 0 Å². The number of nitrogens with zero attached hydrogens (tertiary/aromatic N) is 2. The first kappa shape index (κ1) is 20.8. The first-order valence-corrected chi connectivity index (χ1v) is 12.8. The number of piperidine rings is 1. The summed E-state index contributed by atoms with van der Waals surface area (Å²) >= 11 is 2.44. The van der Waals surface area contributed by atoms with Crippen LogP contribution in [-0.2, 0) is 0 Å².